The summed E-state index contributed by atoms with van der Waals surface area (Å²) in [5.41, 5.74) is 0.956. The van der Waals surface area contributed by atoms with Gasteiger partial charge in [-0.2, -0.15) is 0 Å². The van der Waals surface area contributed by atoms with E-state index in [9.17, 15) is 0 Å². The maximum atomic E-state index is 5.90. The molecular weight excluding hydrogens is 236 g/mol. The number of aliphatic imine (C=N–C) groups is 1. The quantitative estimate of drug-likeness (QED) is 0.763. The van der Waals surface area contributed by atoms with Crippen molar-refractivity contribution in [1.29, 1.82) is 0 Å². The van der Waals surface area contributed by atoms with Crippen molar-refractivity contribution >= 4 is 46.2 Å². The molecule has 0 fully saturated rings. The average Bonchev–Trinajstić information content (AvgIpc) is 2.17. The fourth-order valence-corrected chi connectivity index (χ4v) is 2.65. The van der Waals surface area contributed by atoms with E-state index in [0.29, 0.717) is 0 Å². The molecule has 2 nitrogen and oxygen atoms in total. The predicted molar refractivity (Wildman–Crippen MR) is 65.7 cm³/mol. The van der Waals surface area contributed by atoms with E-state index >= 15 is 0 Å². The Bertz CT molecular complexity index is 379. The minimum atomic E-state index is 0.732. The number of amidine groups is 1. The minimum absolute atomic E-state index is 0.732. The Hall–Kier alpha value is -0.320. The van der Waals surface area contributed by atoms with Gasteiger partial charge in [-0.15, -0.1) is 0 Å². The Kier molecular flexibility index (Phi) is 3.26. The molecule has 14 heavy (non-hydrogen) atoms. The largest absolute Gasteiger partial charge is 0.305 e. The summed E-state index contributed by atoms with van der Waals surface area (Å²) in [4.78, 5) is 5.58. The fourth-order valence-electron chi connectivity index (χ4n) is 1.09. The second-order valence-electron chi connectivity index (χ2n) is 2.67. The predicted octanol–water partition coefficient (Wildman–Crippen LogP) is 3.69. The zero-order valence-electron chi connectivity index (χ0n) is 7.58. The van der Waals surface area contributed by atoms with Gasteiger partial charge in [-0.05, 0) is 35.9 Å². The third-order valence-electron chi connectivity index (χ3n) is 1.67. The summed E-state index contributed by atoms with van der Waals surface area (Å²) in [6.45, 7) is 2.10. The molecule has 0 amide bonds. The Morgan fingerprint density at radius 3 is 3.21 bits per heavy atom. The van der Waals surface area contributed by atoms with Crippen molar-refractivity contribution < 1.29 is 0 Å². The van der Waals surface area contributed by atoms with Gasteiger partial charge < -0.3 is 4.72 Å². The van der Waals surface area contributed by atoms with Crippen molar-refractivity contribution in [2.45, 2.75) is 11.8 Å². The fraction of sp³-hybridized carbons (Fsp3) is 0.222. The summed E-state index contributed by atoms with van der Waals surface area (Å²) in [7, 11) is 0. The van der Waals surface area contributed by atoms with E-state index in [0.717, 1.165) is 26.5 Å². The lowest BCUT2D eigenvalue weighted by atomic mass is 10.3. The van der Waals surface area contributed by atoms with Gasteiger partial charge in [-0.1, -0.05) is 30.3 Å². The van der Waals surface area contributed by atoms with E-state index in [4.69, 9.17) is 11.6 Å². The molecule has 0 saturated heterocycles. The second kappa shape index (κ2) is 4.47. The van der Waals surface area contributed by atoms with Gasteiger partial charge in [-0.25, -0.2) is 4.99 Å². The smallest absolute Gasteiger partial charge is 0.172 e. The number of halogens is 1. The number of hydrogen-bond acceptors (Lipinski definition) is 4. The minimum Gasteiger partial charge on any atom is -0.305 e. The van der Waals surface area contributed by atoms with Gasteiger partial charge in [0.15, 0.2) is 5.17 Å². The van der Waals surface area contributed by atoms with Crippen LogP contribution >= 0.6 is 35.3 Å². The van der Waals surface area contributed by atoms with Crippen LogP contribution < -0.4 is 4.72 Å². The first-order chi connectivity index (χ1) is 6.79. The van der Waals surface area contributed by atoms with Crippen LogP contribution in [0.2, 0.25) is 5.02 Å². The maximum Gasteiger partial charge on any atom is 0.172 e. The average molecular weight is 245 g/mol. The first-order valence-electron chi connectivity index (χ1n) is 4.23. The molecule has 1 N–H and O–H groups in total. The molecule has 0 atom stereocenters. The van der Waals surface area contributed by atoms with E-state index in [1.807, 2.05) is 18.2 Å². The van der Waals surface area contributed by atoms with Crippen LogP contribution in [0.4, 0.5) is 5.69 Å². The van der Waals surface area contributed by atoms with Crippen molar-refractivity contribution in [2.75, 3.05) is 5.75 Å². The van der Waals surface area contributed by atoms with Gasteiger partial charge >= 0.3 is 0 Å². The normalized spacial score (nSPS) is 14.3. The lowest BCUT2D eigenvalue weighted by Gasteiger charge is -2.15. The lowest BCUT2D eigenvalue weighted by molar-refractivity contribution is 1.31. The highest BCUT2D eigenvalue weighted by atomic mass is 35.5. The van der Waals surface area contributed by atoms with Gasteiger partial charge in [0.25, 0.3) is 0 Å². The molecule has 1 aromatic rings. The Balaban J connectivity index is 2.32. The first kappa shape index (κ1) is 10.2. The zero-order chi connectivity index (χ0) is 9.97. The highest BCUT2D eigenvalue weighted by molar-refractivity contribution is 8.15. The first-order valence-corrected chi connectivity index (χ1v) is 6.41. The van der Waals surface area contributed by atoms with Crippen LogP contribution in [0.5, 0.6) is 0 Å². The summed E-state index contributed by atoms with van der Waals surface area (Å²) < 4.78 is 3.18. The van der Waals surface area contributed by atoms with Crippen molar-refractivity contribution in [2.24, 2.45) is 4.99 Å². The van der Waals surface area contributed by atoms with Crippen LogP contribution in [-0.4, -0.2) is 10.9 Å². The van der Waals surface area contributed by atoms with Crippen molar-refractivity contribution in [3.05, 3.63) is 23.2 Å². The molecule has 5 heteroatoms. The summed E-state index contributed by atoms with van der Waals surface area (Å²) in [6, 6.07) is 5.75. The topological polar surface area (TPSA) is 24.4 Å². The van der Waals surface area contributed by atoms with E-state index in [1.165, 1.54) is 0 Å². The molecule has 0 spiro atoms. The highest BCUT2D eigenvalue weighted by Crippen LogP contribution is 2.34. The molecule has 0 unspecified atom stereocenters. The molecule has 0 radical (unpaired) electrons. The van der Waals surface area contributed by atoms with E-state index in [2.05, 4.69) is 16.6 Å². The molecule has 1 heterocycles. The standard InChI is InChI=1S/C9H9ClN2S2/c1-2-13-9-11-7-5-6(10)3-4-8(7)14-12-9/h3-5H,2H2,1H3,(H,11,12). The number of fused-ring (bicyclic) bond motifs is 1. The van der Waals surface area contributed by atoms with Gasteiger partial charge in [0.1, 0.15) is 0 Å². The third-order valence-corrected chi connectivity index (χ3v) is 3.65. The Morgan fingerprint density at radius 2 is 2.43 bits per heavy atom. The highest BCUT2D eigenvalue weighted by Gasteiger charge is 2.11. The van der Waals surface area contributed by atoms with Crippen LogP contribution in [-0.2, 0) is 0 Å². The number of rotatable bonds is 1. The maximum absolute atomic E-state index is 5.90. The van der Waals surface area contributed by atoms with Gasteiger partial charge in [-0.3, -0.25) is 0 Å². The van der Waals surface area contributed by atoms with Crippen LogP contribution in [0.3, 0.4) is 0 Å². The van der Waals surface area contributed by atoms with Gasteiger partial charge in [0.2, 0.25) is 0 Å². The molecule has 1 aliphatic heterocycles. The van der Waals surface area contributed by atoms with Gasteiger partial charge in [0.05, 0.1) is 10.6 Å². The number of nitrogens with one attached hydrogen (secondary N) is 1. The summed E-state index contributed by atoms with van der Waals surface area (Å²) >= 11 is 9.18. The number of benzene rings is 1. The summed E-state index contributed by atoms with van der Waals surface area (Å²) in [5.74, 6) is 1.02. The lowest BCUT2D eigenvalue weighted by Crippen LogP contribution is -2.14. The van der Waals surface area contributed by atoms with Crippen LogP contribution in [0, 0.1) is 0 Å². The number of nitrogens with zero attached hydrogens (tertiary/aromatic N) is 1. The zero-order valence-corrected chi connectivity index (χ0v) is 9.97. The third kappa shape index (κ3) is 2.19. The molecular formula is C9H9ClN2S2. The Morgan fingerprint density at radius 1 is 1.57 bits per heavy atom. The monoisotopic (exact) mass is 244 g/mol. The summed E-state index contributed by atoms with van der Waals surface area (Å²) in [6.07, 6.45) is 0. The van der Waals surface area contributed by atoms with E-state index in [1.54, 1.807) is 23.7 Å². The second-order valence-corrected chi connectivity index (χ2v) is 5.20. The van der Waals surface area contributed by atoms with Crippen LogP contribution in [0.15, 0.2) is 28.1 Å². The summed E-state index contributed by atoms with van der Waals surface area (Å²) in [5, 5.41) is 1.68. The molecule has 0 aliphatic carbocycles. The SMILES string of the molecule is CCSC1=Nc2cc(Cl)ccc2SN1. The Labute approximate surface area is 96.7 Å². The molecule has 74 valence electrons. The van der Waals surface area contributed by atoms with E-state index < -0.39 is 0 Å². The van der Waals surface area contributed by atoms with Crippen molar-refractivity contribution in [3.8, 4) is 0 Å². The van der Waals surface area contributed by atoms with Crippen molar-refractivity contribution in [1.82, 2.24) is 4.72 Å². The molecule has 1 aliphatic rings. The molecule has 2 rings (SSSR count). The van der Waals surface area contributed by atoms with Crippen LogP contribution in [0.1, 0.15) is 6.92 Å². The molecule has 0 bridgehead atoms. The van der Waals surface area contributed by atoms with Gasteiger partial charge in [0, 0.05) is 5.02 Å². The number of hydrogen-bond donors (Lipinski definition) is 1. The molecule has 1 aromatic carbocycles. The van der Waals surface area contributed by atoms with E-state index in [-0.39, 0.29) is 0 Å². The molecule has 0 aromatic heterocycles. The molecule has 0 saturated carbocycles. The van der Waals surface area contributed by atoms with Crippen molar-refractivity contribution in [3.63, 3.8) is 0 Å². The number of thioether (sulfide) groups is 1. The van der Waals surface area contributed by atoms with Crippen LogP contribution in [0.25, 0.3) is 0 Å².